The maximum absolute atomic E-state index is 11.5. The molecule has 0 radical (unpaired) electrons. The Morgan fingerprint density at radius 1 is 1.33 bits per heavy atom. The first kappa shape index (κ1) is 17.5. The fraction of sp³-hybridized carbons (Fsp3) is 0.500. The Balaban J connectivity index is 2.39. The van der Waals surface area contributed by atoms with Crippen LogP contribution >= 0.6 is 0 Å². The molecule has 1 aromatic carbocycles. The molecule has 1 amide bonds. The van der Waals surface area contributed by atoms with Crippen molar-refractivity contribution in [3.05, 3.63) is 35.9 Å². The summed E-state index contributed by atoms with van der Waals surface area (Å²) in [4.78, 5) is 11.5. The number of unbranched alkanes of at least 4 members (excludes halogenated alkanes) is 1. The van der Waals surface area contributed by atoms with Crippen molar-refractivity contribution in [2.45, 2.75) is 38.0 Å². The molecule has 1 unspecified atom stereocenters. The number of benzene rings is 1. The van der Waals surface area contributed by atoms with Crippen molar-refractivity contribution in [2.24, 2.45) is 0 Å². The van der Waals surface area contributed by atoms with Gasteiger partial charge in [0.15, 0.2) is 0 Å². The van der Waals surface area contributed by atoms with E-state index < -0.39 is 21.5 Å². The van der Waals surface area contributed by atoms with E-state index in [0.29, 0.717) is 12.8 Å². The molecule has 0 fully saturated rings. The first-order chi connectivity index (χ1) is 9.93. The number of hydrogen-bond acceptors (Lipinski definition) is 4. The van der Waals surface area contributed by atoms with Gasteiger partial charge in [0.1, 0.15) is 11.9 Å². The second kappa shape index (κ2) is 8.63. The van der Waals surface area contributed by atoms with Crippen LogP contribution in [0, 0.1) is 0 Å². The van der Waals surface area contributed by atoms with Crippen molar-refractivity contribution >= 4 is 16.2 Å². The van der Waals surface area contributed by atoms with E-state index in [9.17, 15) is 13.2 Å². The molecule has 7 heteroatoms. The molecule has 0 saturated heterocycles. The van der Waals surface area contributed by atoms with Crippen LogP contribution in [0.4, 0.5) is 4.79 Å². The fourth-order valence-electron chi connectivity index (χ4n) is 1.76. The summed E-state index contributed by atoms with van der Waals surface area (Å²) in [6, 6.07) is 9.14. The largest absolute Gasteiger partial charge is 0.445 e. The highest BCUT2D eigenvalue weighted by molar-refractivity contribution is 7.86. The number of nitrogens with one attached hydrogen (secondary N) is 1. The summed E-state index contributed by atoms with van der Waals surface area (Å²) in [7, 11) is -4.17. The zero-order chi connectivity index (χ0) is 15.7. The lowest BCUT2D eigenvalue weighted by molar-refractivity contribution is 0.139. The Labute approximate surface area is 125 Å². The maximum Gasteiger partial charge on any atom is 0.407 e. The minimum atomic E-state index is -4.17. The SMILES string of the molecule is CCCCC(CNC(=O)OCc1ccccc1)S(=O)(=O)O. The lowest BCUT2D eigenvalue weighted by atomic mass is 10.2. The standard InChI is InChI=1S/C14H21NO5S/c1-2-3-9-13(21(17,18)19)10-15-14(16)20-11-12-7-5-4-6-8-12/h4-8,13H,2-3,9-11H2,1H3,(H,15,16)(H,17,18,19). The summed E-state index contributed by atoms with van der Waals surface area (Å²) in [6.07, 6.45) is 1.06. The number of amides is 1. The van der Waals surface area contributed by atoms with Gasteiger partial charge in [-0.1, -0.05) is 50.1 Å². The fourth-order valence-corrected chi connectivity index (χ4v) is 2.52. The third kappa shape index (κ3) is 7.10. The first-order valence-electron chi connectivity index (χ1n) is 6.84. The second-order valence-corrected chi connectivity index (χ2v) is 6.42. The van der Waals surface area contributed by atoms with Crippen molar-refractivity contribution in [3.63, 3.8) is 0 Å². The van der Waals surface area contributed by atoms with Crippen LogP contribution in [0.2, 0.25) is 0 Å². The molecule has 0 saturated carbocycles. The van der Waals surface area contributed by atoms with E-state index in [2.05, 4.69) is 5.32 Å². The molecule has 0 aliphatic heterocycles. The van der Waals surface area contributed by atoms with Crippen molar-refractivity contribution in [1.82, 2.24) is 5.32 Å². The van der Waals surface area contributed by atoms with Crippen LogP contribution in [0.25, 0.3) is 0 Å². The summed E-state index contributed by atoms with van der Waals surface area (Å²) in [5, 5.41) is 1.37. The van der Waals surface area contributed by atoms with E-state index in [1.807, 2.05) is 37.3 Å². The van der Waals surface area contributed by atoms with Crippen LogP contribution in [-0.4, -0.2) is 30.9 Å². The molecule has 1 aromatic rings. The molecule has 0 spiro atoms. The van der Waals surface area contributed by atoms with Crippen molar-refractivity contribution in [1.29, 1.82) is 0 Å². The molecule has 0 aliphatic rings. The molecule has 6 nitrogen and oxygen atoms in total. The topological polar surface area (TPSA) is 92.7 Å². The van der Waals surface area contributed by atoms with Crippen LogP contribution in [0.15, 0.2) is 30.3 Å². The van der Waals surface area contributed by atoms with Gasteiger partial charge in [-0.2, -0.15) is 8.42 Å². The highest BCUT2D eigenvalue weighted by atomic mass is 32.2. The summed E-state index contributed by atoms with van der Waals surface area (Å²) in [5.41, 5.74) is 0.838. The normalized spacial score (nSPS) is 12.7. The van der Waals surface area contributed by atoms with Gasteiger partial charge in [0.05, 0.1) is 0 Å². The van der Waals surface area contributed by atoms with Gasteiger partial charge in [-0.25, -0.2) is 4.79 Å². The van der Waals surface area contributed by atoms with Crippen LogP contribution in [0.3, 0.4) is 0 Å². The predicted molar refractivity (Wildman–Crippen MR) is 79.5 cm³/mol. The molecule has 2 N–H and O–H groups in total. The Morgan fingerprint density at radius 2 is 2.00 bits per heavy atom. The Bertz CT molecular complexity index is 530. The smallest absolute Gasteiger partial charge is 0.407 e. The molecular weight excluding hydrogens is 294 g/mol. The minimum Gasteiger partial charge on any atom is -0.445 e. The van der Waals surface area contributed by atoms with Gasteiger partial charge in [0.2, 0.25) is 0 Å². The van der Waals surface area contributed by atoms with Crippen LogP contribution in [0.1, 0.15) is 31.7 Å². The molecular formula is C14H21NO5S. The molecule has 0 aromatic heterocycles. The molecule has 1 atom stereocenters. The number of hydrogen-bond donors (Lipinski definition) is 2. The number of carbonyl (C=O) groups excluding carboxylic acids is 1. The van der Waals surface area contributed by atoms with Gasteiger partial charge in [-0.3, -0.25) is 4.55 Å². The van der Waals surface area contributed by atoms with Gasteiger partial charge in [-0.15, -0.1) is 0 Å². The molecule has 0 aliphatic carbocycles. The zero-order valence-electron chi connectivity index (χ0n) is 12.0. The summed E-state index contributed by atoms with van der Waals surface area (Å²) in [5.74, 6) is 0. The second-order valence-electron chi connectivity index (χ2n) is 4.72. The first-order valence-corrected chi connectivity index (χ1v) is 8.34. The highest BCUT2D eigenvalue weighted by Crippen LogP contribution is 2.08. The lowest BCUT2D eigenvalue weighted by Crippen LogP contribution is -2.36. The third-order valence-corrected chi connectivity index (χ3v) is 4.23. The quantitative estimate of drug-likeness (QED) is 0.718. The number of alkyl carbamates (subject to hydrolysis) is 1. The third-order valence-electron chi connectivity index (χ3n) is 2.99. The van der Waals surface area contributed by atoms with E-state index in [-0.39, 0.29) is 13.2 Å². The van der Waals surface area contributed by atoms with Crippen molar-refractivity contribution < 1.29 is 22.5 Å². The van der Waals surface area contributed by atoms with Crippen LogP contribution < -0.4 is 5.32 Å². The molecule has 0 heterocycles. The Morgan fingerprint density at radius 3 is 2.57 bits per heavy atom. The average Bonchev–Trinajstić information content (AvgIpc) is 2.45. The monoisotopic (exact) mass is 315 g/mol. The lowest BCUT2D eigenvalue weighted by Gasteiger charge is -2.14. The van der Waals surface area contributed by atoms with E-state index in [0.717, 1.165) is 12.0 Å². The predicted octanol–water partition coefficient (Wildman–Crippen LogP) is 2.36. The van der Waals surface area contributed by atoms with Gasteiger partial charge >= 0.3 is 6.09 Å². The Hall–Kier alpha value is -1.60. The number of rotatable bonds is 8. The summed E-state index contributed by atoms with van der Waals surface area (Å²) in [6.45, 7) is 1.87. The van der Waals surface area contributed by atoms with Crippen molar-refractivity contribution in [2.75, 3.05) is 6.54 Å². The van der Waals surface area contributed by atoms with Crippen molar-refractivity contribution in [3.8, 4) is 0 Å². The van der Waals surface area contributed by atoms with Crippen LogP contribution in [0.5, 0.6) is 0 Å². The molecule has 21 heavy (non-hydrogen) atoms. The summed E-state index contributed by atoms with van der Waals surface area (Å²) >= 11 is 0. The molecule has 118 valence electrons. The average molecular weight is 315 g/mol. The minimum absolute atomic E-state index is 0.109. The maximum atomic E-state index is 11.5. The summed E-state index contributed by atoms with van der Waals surface area (Å²) < 4.78 is 36.5. The van der Waals surface area contributed by atoms with Gasteiger partial charge in [-0.05, 0) is 12.0 Å². The number of carbonyl (C=O) groups is 1. The Kier molecular flexibility index (Phi) is 7.18. The van der Waals surface area contributed by atoms with Gasteiger partial charge in [0.25, 0.3) is 10.1 Å². The zero-order valence-corrected chi connectivity index (χ0v) is 12.8. The van der Waals surface area contributed by atoms with Gasteiger partial charge in [0, 0.05) is 6.54 Å². The van der Waals surface area contributed by atoms with E-state index in [1.165, 1.54) is 0 Å². The molecule has 0 bridgehead atoms. The van der Waals surface area contributed by atoms with E-state index in [4.69, 9.17) is 9.29 Å². The van der Waals surface area contributed by atoms with Gasteiger partial charge < -0.3 is 10.1 Å². The van der Waals surface area contributed by atoms with Crippen LogP contribution in [-0.2, 0) is 21.5 Å². The highest BCUT2D eigenvalue weighted by Gasteiger charge is 2.23. The number of ether oxygens (including phenoxy) is 1. The van der Waals surface area contributed by atoms with E-state index in [1.54, 1.807) is 0 Å². The van der Waals surface area contributed by atoms with E-state index >= 15 is 0 Å². The molecule has 1 rings (SSSR count).